The number of hydrogen-bond donors (Lipinski definition) is 1. The summed E-state index contributed by atoms with van der Waals surface area (Å²) in [5.41, 5.74) is 1.50. The summed E-state index contributed by atoms with van der Waals surface area (Å²) in [6, 6.07) is 13.2. The maximum atomic E-state index is 13.6. The lowest BCUT2D eigenvalue weighted by molar-refractivity contribution is 0.588. The van der Waals surface area contributed by atoms with E-state index >= 15 is 0 Å². The van der Waals surface area contributed by atoms with Gasteiger partial charge in [0.05, 0.1) is 17.5 Å². The van der Waals surface area contributed by atoms with Gasteiger partial charge in [-0.25, -0.2) is 13.8 Å². The molecule has 0 radical (unpaired) electrons. The van der Waals surface area contributed by atoms with Crippen LogP contribution in [0.1, 0.15) is 0 Å². The number of rotatable bonds is 2. The van der Waals surface area contributed by atoms with Gasteiger partial charge >= 0.3 is 0 Å². The third kappa shape index (κ3) is 2.12. The van der Waals surface area contributed by atoms with Crippen LogP contribution in [0, 0.1) is 11.6 Å². The second-order valence-corrected chi connectivity index (χ2v) is 4.11. The second kappa shape index (κ2) is 4.65. The Morgan fingerprint density at radius 1 is 0.842 bits per heavy atom. The van der Waals surface area contributed by atoms with Gasteiger partial charge in [0.15, 0.2) is 0 Å². The van der Waals surface area contributed by atoms with E-state index in [1.54, 1.807) is 6.20 Å². The van der Waals surface area contributed by atoms with E-state index in [1.165, 1.54) is 18.2 Å². The minimum atomic E-state index is -0.631. The van der Waals surface area contributed by atoms with Crippen LogP contribution < -0.4 is 0 Å². The summed E-state index contributed by atoms with van der Waals surface area (Å²) in [5.74, 6) is -1.07. The van der Waals surface area contributed by atoms with E-state index in [0.717, 1.165) is 11.3 Å². The molecule has 0 fully saturated rings. The molecule has 0 saturated carbocycles. The van der Waals surface area contributed by atoms with Gasteiger partial charge in [-0.1, -0.05) is 36.4 Å². The van der Waals surface area contributed by atoms with Gasteiger partial charge in [-0.3, -0.25) is 0 Å². The van der Waals surface area contributed by atoms with Gasteiger partial charge in [0.25, 0.3) is 0 Å². The smallest absolute Gasteiger partial charge is 0.143 e. The lowest BCUT2D eigenvalue weighted by Gasteiger charge is -2.01. The van der Waals surface area contributed by atoms with Gasteiger partial charge in [0.2, 0.25) is 0 Å². The quantitative estimate of drug-likeness (QED) is 0.737. The van der Waals surface area contributed by atoms with Gasteiger partial charge < -0.3 is 4.98 Å². The first kappa shape index (κ1) is 11.6. The maximum Gasteiger partial charge on any atom is 0.143 e. The Labute approximate surface area is 108 Å². The van der Waals surface area contributed by atoms with Crippen molar-refractivity contribution < 1.29 is 8.78 Å². The van der Waals surface area contributed by atoms with E-state index in [4.69, 9.17) is 0 Å². The Morgan fingerprint density at radius 3 is 2.21 bits per heavy atom. The molecule has 3 aromatic rings. The summed E-state index contributed by atoms with van der Waals surface area (Å²) in [7, 11) is 0. The van der Waals surface area contributed by atoms with E-state index in [9.17, 15) is 8.78 Å². The van der Waals surface area contributed by atoms with E-state index in [2.05, 4.69) is 9.97 Å². The van der Waals surface area contributed by atoms with Crippen molar-refractivity contribution in [2.24, 2.45) is 0 Å². The lowest BCUT2D eigenvalue weighted by atomic mass is 10.2. The van der Waals surface area contributed by atoms with E-state index < -0.39 is 11.6 Å². The highest BCUT2D eigenvalue weighted by Gasteiger charge is 2.14. The lowest BCUT2D eigenvalue weighted by Crippen LogP contribution is -1.91. The molecule has 0 bridgehead atoms. The van der Waals surface area contributed by atoms with Crippen LogP contribution in [0.15, 0.2) is 54.7 Å². The average Bonchev–Trinajstić information content (AvgIpc) is 2.89. The first-order valence-electron chi connectivity index (χ1n) is 5.80. The van der Waals surface area contributed by atoms with Crippen molar-refractivity contribution in [2.45, 2.75) is 0 Å². The van der Waals surface area contributed by atoms with E-state index in [1.807, 2.05) is 30.3 Å². The van der Waals surface area contributed by atoms with Crippen molar-refractivity contribution in [2.75, 3.05) is 0 Å². The van der Waals surface area contributed by atoms with E-state index in [-0.39, 0.29) is 11.4 Å². The summed E-state index contributed by atoms with van der Waals surface area (Å²) >= 11 is 0. The minimum absolute atomic E-state index is 0.135. The molecule has 1 heterocycles. The van der Waals surface area contributed by atoms with Crippen LogP contribution in [0.5, 0.6) is 0 Å². The molecule has 1 N–H and O–H groups in total. The zero-order chi connectivity index (χ0) is 13.2. The first-order chi connectivity index (χ1) is 9.25. The first-order valence-corrected chi connectivity index (χ1v) is 5.80. The number of nitrogens with one attached hydrogen (secondary N) is 1. The normalized spacial score (nSPS) is 10.6. The molecule has 0 saturated heterocycles. The van der Waals surface area contributed by atoms with Crippen molar-refractivity contribution in [3.63, 3.8) is 0 Å². The predicted octanol–water partition coefficient (Wildman–Crippen LogP) is 4.02. The fraction of sp³-hybridized carbons (Fsp3) is 0. The summed E-state index contributed by atoms with van der Waals surface area (Å²) in [4.78, 5) is 6.99. The van der Waals surface area contributed by atoms with Crippen LogP contribution >= 0.6 is 0 Å². The summed E-state index contributed by atoms with van der Waals surface area (Å²) in [5, 5.41) is 0. The Balaban J connectivity index is 2.07. The number of imidazole rings is 1. The topological polar surface area (TPSA) is 28.7 Å². The second-order valence-electron chi connectivity index (χ2n) is 4.11. The number of halogens is 2. The number of H-pyrrole nitrogens is 1. The van der Waals surface area contributed by atoms with Crippen LogP contribution in [-0.4, -0.2) is 9.97 Å². The molecule has 19 heavy (non-hydrogen) atoms. The average molecular weight is 256 g/mol. The fourth-order valence-electron chi connectivity index (χ4n) is 1.94. The van der Waals surface area contributed by atoms with Crippen molar-refractivity contribution in [1.82, 2.24) is 9.97 Å². The van der Waals surface area contributed by atoms with Crippen molar-refractivity contribution in [1.29, 1.82) is 0 Å². The van der Waals surface area contributed by atoms with Crippen molar-refractivity contribution in [3.05, 3.63) is 66.4 Å². The molecular formula is C15H10F2N2. The summed E-state index contributed by atoms with van der Waals surface area (Å²) in [6.07, 6.45) is 1.57. The Kier molecular flexibility index (Phi) is 2.83. The molecule has 4 heteroatoms. The molecule has 0 spiro atoms. The minimum Gasteiger partial charge on any atom is -0.338 e. The fourth-order valence-corrected chi connectivity index (χ4v) is 1.94. The van der Waals surface area contributed by atoms with Crippen LogP contribution in [-0.2, 0) is 0 Å². The molecule has 0 aliphatic heterocycles. The molecule has 0 atom stereocenters. The number of aromatic amines is 1. The summed E-state index contributed by atoms with van der Waals surface area (Å²) < 4.78 is 27.3. The van der Waals surface area contributed by atoms with Crippen LogP contribution in [0.2, 0.25) is 0 Å². The molecule has 1 aromatic heterocycles. The largest absolute Gasteiger partial charge is 0.338 e. The van der Waals surface area contributed by atoms with Gasteiger partial charge in [-0.15, -0.1) is 0 Å². The highest BCUT2D eigenvalue weighted by Crippen LogP contribution is 2.26. The third-order valence-electron chi connectivity index (χ3n) is 2.86. The van der Waals surface area contributed by atoms with Crippen LogP contribution in [0.4, 0.5) is 8.78 Å². The summed E-state index contributed by atoms with van der Waals surface area (Å²) in [6.45, 7) is 0. The van der Waals surface area contributed by atoms with Crippen molar-refractivity contribution in [3.8, 4) is 22.6 Å². The number of nitrogens with zero attached hydrogens (tertiary/aromatic N) is 1. The van der Waals surface area contributed by atoms with Crippen LogP contribution in [0.25, 0.3) is 22.6 Å². The highest BCUT2D eigenvalue weighted by molar-refractivity contribution is 5.64. The third-order valence-corrected chi connectivity index (χ3v) is 2.86. The zero-order valence-electron chi connectivity index (χ0n) is 9.90. The molecule has 0 unspecified atom stereocenters. The molecule has 2 nitrogen and oxygen atoms in total. The van der Waals surface area contributed by atoms with Gasteiger partial charge in [0.1, 0.15) is 17.5 Å². The predicted molar refractivity (Wildman–Crippen MR) is 69.4 cm³/mol. The zero-order valence-corrected chi connectivity index (χ0v) is 9.90. The monoisotopic (exact) mass is 256 g/mol. The molecule has 0 aliphatic carbocycles. The highest BCUT2D eigenvalue weighted by atomic mass is 19.1. The number of aromatic nitrogens is 2. The molecular weight excluding hydrogens is 246 g/mol. The SMILES string of the molecule is Fc1cccc(F)c1-c1ncc(-c2ccccc2)[nH]1. The Bertz CT molecular complexity index is 685. The van der Waals surface area contributed by atoms with Gasteiger partial charge in [-0.05, 0) is 17.7 Å². The molecule has 0 aliphatic rings. The van der Waals surface area contributed by atoms with Gasteiger partial charge in [0, 0.05) is 0 Å². The number of benzene rings is 2. The Morgan fingerprint density at radius 2 is 1.53 bits per heavy atom. The number of hydrogen-bond acceptors (Lipinski definition) is 1. The maximum absolute atomic E-state index is 13.6. The van der Waals surface area contributed by atoms with Crippen LogP contribution in [0.3, 0.4) is 0 Å². The molecule has 0 amide bonds. The molecule has 94 valence electrons. The standard InChI is InChI=1S/C15H10F2N2/c16-11-7-4-8-12(17)14(11)15-18-9-13(19-15)10-5-2-1-3-6-10/h1-9H,(H,18,19). The van der Waals surface area contributed by atoms with E-state index in [0.29, 0.717) is 0 Å². The molecule has 2 aromatic carbocycles. The Hall–Kier alpha value is -2.49. The van der Waals surface area contributed by atoms with Gasteiger partial charge in [-0.2, -0.15) is 0 Å². The molecule has 3 rings (SSSR count). The van der Waals surface area contributed by atoms with Crippen molar-refractivity contribution >= 4 is 0 Å².